The van der Waals surface area contributed by atoms with Crippen LogP contribution >= 0.6 is 0 Å². The lowest BCUT2D eigenvalue weighted by molar-refractivity contribution is -0.136. The van der Waals surface area contributed by atoms with E-state index in [1.54, 1.807) is 12.1 Å². The third-order valence-electron chi connectivity index (χ3n) is 4.78. The van der Waals surface area contributed by atoms with Crippen LogP contribution in [0.2, 0.25) is 0 Å². The first-order chi connectivity index (χ1) is 15.9. The van der Waals surface area contributed by atoms with E-state index in [4.69, 9.17) is 5.41 Å². The van der Waals surface area contributed by atoms with Gasteiger partial charge in [-0.3, -0.25) is 14.9 Å². The minimum Gasteiger partial charge on any atom is -0.411 e. The zero-order valence-electron chi connectivity index (χ0n) is 18.3. The van der Waals surface area contributed by atoms with Gasteiger partial charge in [-0.1, -0.05) is 6.07 Å². The van der Waals surface area contributed by atoms with Crippen molar-refractivity contribution in [2.24, 2.45) is 0 Å². The molecule has 180 valence electrons. The maximum Gasteiger partial charge on any atom is 0.389 e. The number of aryl methyl sites for hydroxylation is 1. The van der Waals surface area contributed by atoms with E-state index < -0.39 is 30.1 Å². The van der Waals surface area contributed by atoms with Gasteiger partial charge in [0.1, 0.15) is 11.3 Å². The number of aliphatic hydroxyl groups is 1. The molecule has 1 aromatic carbocycles. The van der Waals surface area contributed by atoms with E-state index in [1.807, 2.05) is 0 Å². The molecule has 0 aliphatic carbocycles. The Morgan fingerprint density at radius 3 is 2.65 bits per heavy atom. The number of aromatic nitrogens is 3. The van der Waals surface area contributed by atoms with Gasteiger partial charge >= 0.3 is 12.1 Å². The molecule has 0 saturated heterocycles. The van der Waals surface area contributed by atoms with Crippen LogP contribution in [0.15, 0.2) is 36.5 Å². The van der Waals surface area contributed by atoms with Crippen LogP contribution in [0.3, 0.4) is 0 Å². The lowest BCUT2D eigenvalue weighted by Crippen LogP contribution is -2.21. The summed E-state index contributed by atoms with van der Waals surface area (Å²) in [7, 11) is 0. The van der Waals surface area contributed by atoms with Gasteiger partial charge in [-0.25, -0.2) is 9.78 Å². The van der Waals surface area contributed by atoms with Crippen molar-refractivity contribution >= 4 is 34.9 Å². The summed E-state index contributed by atoms with van der Waals surface area (Å²) in [5.41, 5.74) is -0.815. The summed E-state index contributed by atoms with van der Waals surface area (Å²) < 4.78 is 43.2. The second kappa shape index (κ2) is 9.59. The molecule has 34 heavy (non-hydrogen) atoms. The highest BCUT2D eigenvalue weighted by molar-refractivity contribution is 6.10. The summed E-state index contributed by atoms with van der Waals surface area (Å²) in [5.74, 6) is -1.61. The molecule has 0 bridgehead atoms. The standard InChI is InChI=1S/C22H22F3N5O4/c1-21(2,33)18-6-3-5-15(27-18)19(31)28-17-9-13-11-30(8-4-7-22(23,24)25)29-16(13)10-14(17)20(32)34-12-26/h3,5-6,9-12,26,33H,4,7-8H2,1-2H3,(H,28,31). The van der Waals surface area contributed by atoms with Crippen molar-refractivity contribution in [3.05, 3.63) is 53.5 Å². The fourth-order valence-electron chi connectivity index (χ4n) is 3.16. The molecular formula is C22H22F3N5O4. The van der Waals surface area contributed by atoms with Gasteiger partial charge in [0.05, 0.1) is 22.5 Å². The third-order valence-corrected chi connectivity index (χ3v) is 4.78. The Hall–Kier alpha value is -3.80. The number of hydrogen-bond donors (Lipinski definition) is 3. The lowest BCUT2D eigenvalue weighted by atomic mass is 10.0. The quantitative estimate of drug-likeness (QED) is 0.255. The Labute approximate surface area is 192 Å². The van der Waals surface area contributed by atoms with Gasteiger partial charge in [0, 0.05) is 24.5 Å². The maximum absolute atomic E-state index is 12.8. The van der Waals surface area contributed by atoms with Crippen molar-refractivity contribution in [3.63, 3.8) is 0 Å². The highest BCUT2D eigenvalue weighted by Crippen LogP contribution is 2.26. The van der Waals surface area contributed by atoms with Crippen LogP contribution in [0.5, 0.6) is 0 Å². The average Bonchev–Trinajstić information content (AvgIpc) is 3.13. The number of benzene rings is 1. The number of carbonyl (C=O) groups excluding carboxylic acids is 2. The third kappa shape index (κ3) is 6.16. The number of nitrogens with one attached hydrogen (secondary N) is 2. The summed E-state index contributed by atoms with van der Waals surface area (Å²) in [6, 6.07) is 7.28. The van der Waals surface area contributed by atoms with E-state index in [0.717, 1.165) is 0 Å². The smallest absolute Gasteiger partial charge is 0.389 e. The Balaban J connectivity index is 1.93. The zero-order chi connectivity index (χ0) is 25.1. The van der Waals surface area contributed by atoms with Gasteiger partial charge in [0.2, 0.25) is 0 Å². The minimum absolute atomic E-state index is 0.00379. The molecular weight excluding hydrogens is 455 g/mol. The molecule has 3 N–H and O–H groups in total. The molecule has 12 heteroatoms. The van der Waals surface area contributed by atoms with E-state index in [1.165, 1.54) is 42.9 Å². The molecule has 0 unspecified atom stereocenters. The van der Waals surface area contributed by atoms with Crippen LogP contribution in [0.4, 0.5) is 18.9 Å². The second-order valence-corrected chi connectivity index (χ2v) is 8.01. The molecule has 3 rings (SSSR count). The van der Waals surface area contributed by atoms with Crippen molar-refractivity contribution in [2.45, 2.75) is 45.0 Å². The van der Waals surface area contributed by atoms with Crippen LogP contribution in [-0.2, 0) is 16.9 Å². The fourth-order valence-corrected chi connectivity index (χ4v) is 3.16. The number of alkyl halides is 3. The summed E-state index contributed by atoms with van der Waals surface area (Å²) in [4.78, 5) is 29.3. The van der Waals surface area contributed by atoms with E-state index >= 15 is 0 Å². The fraction of sp³-hybridized carbons (Fsp3) is 0.318. The first kappa shape index (κ1) is 24.8. The van der Waals surface area contributed by atoms with Gasteiger partial charge in [0.25, 0.3) is 5.91 Å². The molecule has 2 aromatic heterocycles. The highest BCUT2D eigenvalue weighted by atomic mass is 19.4. The molecule has 0 saturated carbocycles. The predicted octanol–water partition coefficient (Wildman–Crippen LogP) is 4.02. The predicted molar refractivity (Wildman–Crippen MR) is 117 cm³/mol. The number of carbonyl (C=O) groups is 2. The molecule has 0 radical (unpaired) electrons. The van der Waals surface area contributed by atoms with Gasteiger partial charge < -0.3 is 15.2 Å². The molecule has 0 spiro atoms. The van der Waals surface area contributed by atoms with E-state index in [2.05, 4.69) is 20.1 Å². The average molecular weight is 477 g/mol. The van der Waals surface area contributed by atoms with E-state index in [-0.39, 0.29) is 35.6 Å². The number of rotatable bonds is 8. The van der Waals surface area contributed by atoms with Gasteiger partial charge in [0.15, 0.2) is 6.40 Å². The first-order valence-electron chi connectivity index (χ1n) is 10.2. The number of anilines is 1. The van der Waals surface area contributed by atoms with Crippen LogP contribution in [-0.4, -0.2) is 44.3 Å². The summed E-state index contributed by atoms with van der Waals surface area (Å²) in [6.07, 6.45) is -3.47. The SMILES string of the molecule is CC(C)(O)c1cccc(C(=O)Nc2cc3cn(CCCC(F)(F)F)nc3cc2C(=O)OC=N)n1. The van der Waals surface area contributed by atoms with E-state index in [0.29, 0.717) is 17.3 Å². The lowest BCUT2D eigenvalue weighted by Gasteiger charge is -2.17. The Bertz CT molecular complexity index is 1230. The molecule has 1 amide bonds. The molecule has 0 aliphatic heterocycles. The van der Waals surface area contributed by atoms with Gasteiger partial charge in [-0.05, 0) is 44.5 Å². The summed E-state index contributed by atoms with van der Waals surface area (Å²) >= 11 is 0. The molecule has 0 fully saturated rings. The number of nitrogens with zero attached hydrogens (tertiary/aromatic N) is 3. The number of halogens is 3. The molecule has 2 heterocycles. The largest absolute Gasteiger partial charge is 0.411 e. The topological polar surface area (TPSA) is 130 Å². The Morgan fingerprint density at radius 2 is 2.00 bits per heavy atom. The number of hydrogen-bond acceptors (Lipinski definition) is 7. The summed E-state index contributed by atoms with van der Waals surface area (Å²) in [5, 5.41) is 24.4. The number of amides is 1. The van der Waals surface area contributed by atoms with Crippen molar-refractivity contribution in [1.29, 1.82) is 5.41 Å². The second-order valence-electron chi connectivity index (χ2n) is 8.01. The zero-order valence-corrected chi connectivity index (χ0v) is 18.3. The van der Waals surface area contributed by atoms with Crippen LogP contribution in [0.25, 0.3) is 10.9 Å². The molecule has 0 atom stereocenters. The van der Waals surface area contributed by atoms with Crippen LogP contribution < -0.4 is 5.32 Å². The summed E-state index contributed by atoms with van der Waals surface area (Å²) in [6.45, 7) is 3.04. The van der Waals surface area contributed by atoms with Crippen molar-refractivity contribution in [1.82, 2.24) is 14.8 Å². The van der Waals surface area contributed by atoms with Gasteiger partial charge in [-0.2, -0.15) is 18.3 Å². The Kier molecular flexibility index (Phi) is 7.01. The normalized spacial score (nSPS) is 11.9. The maximum atomic E-state index is 12.8. The molecule has 0 aliphatic rings. The number of pyridine rings is 1. The monoisotopic (exact) mass is 477 g/mol. The molecule has 9 nitrogen and oxygen atoms in total. The minimum atomic E-state index is -4.27. The highest BCUT2D eigenvalue weighted by Gasteiger charge is 2.26. The van der Waals surface area contributed by atoms with Crippen molar-refractivity contribution in [3.8, 4) is 0 Å². The van der Waals surface area contributed by atoms with Gasteiger partial charge in [-0.15, -0.1) is 0 Å². The first-order valence-corrected chi connectivity index (χ1v) is 10.2. The van der Waals surface area contributed by atoms with E-state index in [9.17, 15) is 27.9 Å². The number of esters is 1. The number of fused-ring (bicyclic) bond motifs is 1. The van der Waals surface area contributed by atoms with Crippen molar-refractivity contribution < 1.29 is 32.6 Å². The van der Waals surface area contributed by atoms with Crippen LogP contribution in [0, 0.1) is 5.41 Å². The van der Waals surface area contributed by atoms with Crippen LogP contribution in [0.1, 0.15) is 53.2 Å². The number of ether oxygens (including phenoxy) is 1. The van der Waals surface area contributed by atoms with Crippen molar-refractivity contribution in [2.75, 3.05) is 5.32 Å². The molecule has 3 aromatic rings. The Morgan fingerprint density at radius 1 is 1.26 bits per heavy atom.